The monoisotopic (exact) mass is 341 g/mol. The van der Waals surface area contributed by atoms with Crippen molar-refractivity contribution < 1.29 is 13.2 Å². The minimum atomic E-state index is -3.18. The minimum absolute atomic E-state index is 0.268. The zero-order chi connectivity index (χ0) is 16.2. The first-order valence-electron chi connectivity index (χ1n) is 6.52. The molecule has 0 radical (unpaired) electrons. The smallest absolute Gasteiger partial charge is 0.175 e. The van der Waals surface area contributed by atoms with Crippen molar-refractivity contribution in [2.45, 2.75) is 11.8 Å². The lowest BCUT2D eigenvalue weighted by Crippen LogP contribution is -2.13. The average molecular weight is 342 g/mol. The molecule has 0 fully saturated rings. The van der Waals surface area contributed by atoms with Crippen LogP contribution in [0, 0.1) is 6.92 Å². The molecule has 1 aromatic heterocycles. The summed E-state index contributed by atoms with van der Waals surface area (Å²) in [6.07, 6.45) is 1.17. The summed E-state index contributed by atoms with van der Waals surface area (Å²) >= 11 is 5.84. The molecule has 0 saturated heterocycles. The number of benzene rings is 1. The van der Waals surface area contributed by atoms with E-state index in [-0.39, 0.29) is 4.90 Å². The van der Waals surface area contributed by atoms with Gasteiger partial charge in [0.25, 0.3) is 0 Å². The number of nitrogens with zero attached hydrogens (tertiary/aromatic N) is 2. The van der Waals surface area contributed by atoms with Gasteiger partial charge < -0.3 is 10.1 Å². The highest BCUT2D eigenvalue weighted by Crippen LogP contribution is 2.16. The lowest BCUT2D eigenvalue weighted by Gasteiger charge is -2.09. The minimum Gasteiger partial charge on any atom is -0.492 e. The van der Waals surface area contributed by atoms with Crippen molar-refractivity contribution in [3.63, 3.8) is 0 Å². The van der Waals surface area contributed by atoms with Crippen LogP contribution in [-0.2, 0) is 9.84 Å². The van der Waals surface area contributed by atoms with Crippen molar-refractivity contribution in [3.8, 4) is 5.75 Å². The van der Waals surface area contributed by atoms with Crippen LogP contribution in [0.2, 0.25) is 5.15 Å². The number of hydrogen-bond acceptors (Lipinski definition) is 6. The Labute approximate surface area is 134 Å². The van der Waals surface area contributed by atoms with Crippen LogP contribution in [-0.4, -0.2) is 37.8 Å². The van der Waals surface area contributed by atoms with E-state index in [1.807, 2.05) is 0 Å². The average Bonchev–Trinajstić information content (AvgIpc) is 2.42. The molecule has 118 valence electrons. The first-order chi connectivity index (χ1) is 10.3. The molecule has 0 amide bonds. The van der Waals surface area contributed by atoms with Crippen molar-refractivity contribution in [2.75, 3.05) is 24.7 Å². The standard InChI is InChI=1S/C14H16ClN3O3S/c1-10-17-13(15)9-14(18-10)16-7-8-21-11-3-5-12(6-4-11)22(2,19)20/h3-6,9H,7-8H2,1-2H3,(H,16,17,18). The third kappa shape index (κ3) is 4.85. The molecule has 2 rings (SSSR count). The lowest BCUT2D eigenvalue weighted by molar-refractivity contribution is 0.332. The molecule has 1 heterocycles. The Kier molecular flexibility index (Phi) is 5.20. The molecule has 22 heavy (non-hydrogen) atoms. The van der Waals surface area contributed by atoms with Crippen molar-refractivity contribution in [1.82, 2.24) is 9.97 Å². The van der Waals surface area contributed by atoms with Crippen LogP contribution in [0.1, 0.15) is 5.82 Å². The number of sulfone groups is 1. The van der Waals surface area contributed by atoms with Crippen LogP contribution in [0.25, 0.3) is 0 Å². The number of aryl methyl sites for hydroxylation is 1. The van der Waals surface area contributed by atoms with Gasteiger partial charge in [0.05, 0.1) is 11.4 Å². The van der Waals surface area contributed by atoms with E-state index in [1.54, 1.807) is 25.1 Å². The van der Waals surface area contributed by atoms with Crippen LogP contribution >= 0.6 is 11.6 Å². The highest BCUT2D eigenvalue weighted by atomic mass is 35.5. The van der Waals surface area contributed by atoms with E-state index in [1.165, 1.54) is 18.4 Å². The number of hydrogen-bond donors (Lipinski definition) is 1. The second kappa shape index (κ2) is 6.93. The van der Waals surface area contributed by atoms with Crippen LogP contribution < -0.4 is 10.1 Å². The first-order valence-corrected chi connectivity index (χ1v) is 8.79. The summed E-state index contributed by atoms with van der Waals surface area (Å²) in [5.41, 5.74) is 0. The molecule has 6 nitrogen and oxygen atoms in total. The summed E-state index contributed by atoms with van der Waals surface area (Å²) in [4.78, 5) is 8.43. The highest BCUT2D eigenvalue weighted by molar-refractivity contribution is 7.90. The van der Waals surface area contributed by atoms with E-state index in [0.29, 0.717) is 35.7 Å². The zero-order valence-corrected chi connectivity index (χ0v) is 13.8. The van der Waals surface area contributed by atoms with Gasteiger partial charge >= 0.3 is 0 Å². The predicted molar refractivity (Wildman–Crippen MR) is 85.3 cm³/mol. The molecule has 0 saturated carbocycles. The molecule has 0 bridgehead atoms. The van der Waals surface area contributed by atoms with Crippen LogP contribution in [0.3, 0.4) is 0 Å². The quantitative estimate of drug-likeness (QED) is 0.641. The summed E-state index contributed by atoms with van der Waals surface area (Å²) in [5, 5.41) is 3.46. The fraction of sp³-hybridized carbons (Fsp3) is 0.286. The van der Waals surface area contributed by atoms with Crippen molar-refractivity contribution in [2.24, 2.45) is 0 Å². The van der Waals surface area contributed by atoms with Gasteiger partial charge in [0.1, 0.15) is 29.2 Å². The molecular formula is C14H16ClN3O3S. The van der Waals surface area contributed by atoms with Gasteiger partial charge in [-0.3, -0.25) is 0 Å². The summed E-state index contributed by atoms with van der Waals surface area (Å²) in [6, 6.07) is 7.93. The molecule has 0 aliphatic heterocycles. The number of halogens is 1. The molecule has 0 spiro atoms. The maximum absolute atomic E-state index is 11.3. The molecule has 0 unspecified atom stereocenters. The van der Waals surface area contributed by atoms with Gasteiger partial charge in [-0.15, -0.1) is 0 Å². The number of nitrogens with one attached hydrogen (secondary N) is 1. The third-order valence-corrected chi connectivity index (χ3v) is 4.06. The van der Waals surface area contributed by atoms with Gasteiger partial charge in [-0.05, 0) is 31.2 Å². The fourth-order valence-corrected chi connectivity index (χ4v) is 2.61. The number of rotatable bonds is 6. The Morgan fingerprint density at radius 3 is 2.50 bits per heavy atom. The largest absolute Gasteiger partial charge is 0.492 e. The topological polar surface area (TPSA) is 81.2 Å². The number of aromatic nitrogens is 2. The van der Waals surface area contributed by atoms with Crippen molar-refractivity contribution >= 4 is 27.3 Å². The summed E-state index contributed by atoms with van der Waals surface area (Å²) in [5.74, 6) is 1.83. The molecule has 8 heteroatoms. The molecule has 2 aromatic rings. The van der Waals surface area contributed by atoms with Gasteiger partial charge in [-0.25, -0.2) is 18.4 Å². The van der Waals surface area contributed by atoms with E-state index in [0.717, 1.165) is 0 Å². The molecular weight excluding hydrogens is 326 g/mol. The second-order valence-electron chi connectivity index (χ2n) is 4.64. The van der Waals surface area contributed by atoms with Crippen molar-refractivity contribution in [3.05, 3.63) is 41.3 Å². The first kappa shape index (κ1) is 16.5. The number of ether oxygens (including phenoxy) is 1. The van der Waals surface area contributed by atoms with Crippen LogP contribution in [0.4, 0.5) is 5.82 Å². The second-order valence-corrected chi connectivity index (χ2v) is 7.04. The van der Waals surface area contributed by atoms with Crippen LogP contribution in [0.5, 0.6) is 5.75 Å². The Balaban J connectivity index is 1.84. The Morgan fingerprint density at radius 2 is 1.91 bits per heavy atom. The molecule has 0 aliphatic rings. The Bertz CT molecular complexity index is 728. The van der Waals surface area contributed by atoms with Crippen LogP contribution in [0.15, 0.2) is 35.2 Å². The summed E-state index contributed by atoms with van der Waals surface area (Å²) < 4.78 is 28.2. The van der Waals surface area contributed by atoms with Gasteiger partial charge in [0, 0.05) is 12.3 Å². The normalized spacial score (nSPS) is 11.2. The maximum Gasteiger partial charge on any atom is 0.175 e. The fourth-order valence-electron chi connectivity index (χ4n) is 1.75. The zero-order valence-electron chi connectivity index (χ0n) is 12.2. The SMILES string of the molecule is Cc1nc(Cl)cc(NCCOc2ccc(S(C)(=O)=O)cc2)n1. The van der Waals surface area contributed by atoms with Gasteiger partial charge in [-0.2, -0.15) is 0 Å². The molecule has 0 aliphatic carbocycles. The maximum atomic E-state index is 11.3. The van der Waals surface area contributed by atoms with E-state index in [4.69, 9.17) is 16.3 Å². The van der Waals surface area contributed by atoms with Gasteiger partial charge in [0.2, 0.25) is 0 Å². The van der Waals surface area contributed by atoms with Crippen molar-refractivity contribution in [1.29, 1.82) is 0 Å². The Hall–Kier alpha value is -1.86. The predicted octanol–water partition coefficient (Wildman–Crippen LogP) is 2.33. The van der Waals surface area contributed by atoms with Gasteiger partial charge in [-0.1, -0.05) is 11.6 Å². The lowest BCUT2D eigenvalue weighted by atomic mass is 10.3. The number of anilines is 1. The van der Waals surface area contributed by atoms with E-state index in [9.17, 15) is 8.42 Å². The molecule has 1 aromatic carbocycles. The third-order valence-electron chi connectivity index (χ3n) is 2.74. The van der Waals surface area contributed by atoms with E-state index in [2.05, 4.69) is 15.3 Å². The van der Waals surface area contributed by atoms with E-state index < -0.39 is 9.84 Å². The van der Waals surface area contributed by atoms with E-state index >= 15 is 0 Å². The Morgan fingerprint density at radius 1 is 1.23 bits per heavy atom. The summed E-state index contributed by atoms with van der Waals surface area (Å²) in [6.45, 7) is 2.69. The highest BCUT2D eigenvalue weighted by Gasteiger charge is 2.06. The molecule has 1 N–H and O–H groups in total. The summed E-state index contributed by atoms with van der Waals surface area (Å²) in [7, 11) is -3.18. The van der Waals surface area contributed by atoms with Gasteiger partial charge in [0.15, 0.2) is 9.84 Å². The molecule has 0 atom stereocenters.